The highest BCUT2D eigenvalue weighted by molar-refractivity contribution is 6.30. The Morgan fingerprint density at radius 1 is 1.13 bits per heavy atom. The highest BCUT2D eigenvalue weighted by atomic mass is 35.5. The minimum atomic E-state index is -0.618. The van der Waals surface area contributed by atoms with Crippen molar-refractivity contribution in [3.05, 3.63) is 94.0 Å². The minimum absolute atomic E-state index is 0.0233. The summed E-state index contributed by atoms with van der Waals surface area (Å²) >= 11 is 5.93. The van der Waals surface area contributed by atoms with Crippen LogP contribution in [0.4, 0.5) is 0 Å². The van der Waals surface area contributed by atoms with Crippen molar-refractivity contribution < 1.29 is 14.0 Å². The van der Waals surface area contributed by atoms with Crippen LogP contribution < -0.4 is 0 Å². The molecule has 3 aromatic rings. The van der Waals surface area contributed by atoms with Crippen molar-refractivity contribution in [2.45, 2.75) is 13.5 Å². The highest BCUT2D eigenvalue weighted by Crippen LogP contribution is 2.30. The molecule has 4 rings (SSSR count). The number of nitrogens with zero attached hydrogens (tertiary/aromatic N) is 3. The predicted molar refractivity (Wildman–Crippen MR) is 115 cm³/mol. The second-order valence-corrected chi connectivity index (χ2v) is 7.37. The van der Waals surface area contributed by atoms with E-state index in [1.165, 1.54) is 0 Å². The smallest absolute Gasteiger partial charge is 0.271 e. The van der Waals surface area contributed by atoms with E-state index in [9.17, 15) is 14.9 Å². The fraction of sp³-hybridized carbons (Fsp3) is 0.0833. The van der Waals surface area contributed by atoms with E-state index in [1.54, 1.807) is 61.8 Å². The molecule has 0 atom stereocenters. The molecular weight excluding hydrogens is 414 g/mol. The third-order valence-electron chi connectivity index (χ3n) is 4.93. The Morgan fingerprint density at radius 3 is 2.58 bits per heavy atom. The first kappa shape index (κ1) is 20.3. The van der Waals surface area contributed by atoms with E-state index < -0.39 is 11.8 Å². The van der Waals surface area contributed by atoms with Crippen molar-refractivity contribution in [3.8, 4) is 17.4 Å². The Labute approximate surface area is 183 Å². The summed E-state index contributed by atoms with van der Waals surface area (Å²) in [5.41, 5.74) is 2.01. The Morgan fingerprint density at radius 2 is 1.90 bits per heavy atom. The largest absolute Gasteiger partial charge is 0.457 e. The van der Waals surface area contributed by atoms with Crippen molar-refractivity contribution in [2.24, 2.45) is 0 Å². The lowest BCUT2D eigenvalue weighted by molar-refractivity contribution is -0.141. The van der Waals surface area contributed by atoms with E-state index in [1.807, 2.05) is 18.2 Å². The van der Waals surface area contributed by atoms with Crippen molar-refractivity contribution in [3.63, 3.8) is 0 Å². The molecule has 0 radical (unpaired) electrons. The normalized spacial score (nSPS) is 15.5. The average molecular weight is 430 g/mol. The van der Waals surface area contributed by atoms with Crippen molar-refractivity contribution in [1.82, 2.24) is 9.88 Å². The summed E-state index contributed by atoms with van der Waals surface area (Å²) < 4.78 is 5.87. The van der Waals surface area contributed by atoms with E-state index >= 15 is 0 Å². The SMILES string of the molecule is CC1=C(C#N)C(=O)N(Cc2cccnc2)C(=O)/C1=C/c1ccc(-c2ccc(Cl)cc2)o1. The maximum Gasteiger partial charge on any atom is 0.271 e. The molecule has 2 aromatic heterocycles. The van der Waals surface area contributed by atoms with E-state index in [-0.39, 0.29) is 17.7 Å². The number of pyridine rings is 1. The first-order valence-electron chi connectivity index (χ1n) is 9.42. The second kappa shape index (κ2) is 8.42. The molecular formula is C24H16ClN3O3. The molecule has 0 unspecified atom stereocenters. The number of furan rings is 1. The van der Waals surface area contributed by atoms with Crippen molar-refractivity contribution in [1.29, 1.82) is 5.26 Å². The number of halogens is 1. The van der Waals surface area contributed by atoms with Crippen LogP contribution >= 0.6 is 11.6 Å². The van der Waals surface area contributed by atoms with Crippen LogP contribution in [-0.2, 0) is 16.1 Å². The van der Waals surface area contributed by atoms with Gasteiger partial charge < -0.3 is 4.42 Å². The number of hydrogen-bond donors (Lipinski definition) is 0. The molecule has 6 nitrogen and oxygen atoms in total. The zero-order valence-electron chi connectivity index (χ0n) is 16.5. The molecule has 2 amide bonds. The van der Waals surface area contributed by atoms with Gasteiger partial charge in [0.15, 0.2) is 0 Å². The number of carbonyl (C=O) groups excluding carboxylic acids is 2. The molecule has 0 aliphatic carbocycles. The van der Waals surface area contributed by atoms with Gasteiger partial charge in [-0.2, -0.15) is 5.26 Å². The Balaban J connectivity index is 1.71. The minimum Gasteiger partial charge on any atom is -0.457 e. The quantitative estimate of drug-likeness (QED) is 0.439. The zero-order valence-corrected chi connectivity index (χ0v) is 17.3. The molecule has 1 aliphatic rings. The standard InChI is InChI=1S/C24H16ClN3O3/c1-15-20(11-19-8-9-22(31-19)17-4-6-18(25)7-5-17)23(29)28(24(30)21(15)12-26)14-16-3-2-10-27-13-16/h2-11,13H,14H2,1H3/b20-11+. The monoisotopic (exact) mass is 429 g/mol. The van der Waals surface area contributed by atoms with Crippen LogP contribution in [0.3, 0.4) is 0 Å². The third kappa shape index (κ3) is 4.04. The molecule has 3 heterocycles. The molecule has 0 spiro atoms. The van der Waals surface area contributed by atoms with Gasteiger partial charge in [0.1, 0.15) is 23.2 Å². The van der Waals surface area contributed by atoms with Crippen LogP contribution in [0.5, 0.6) is 0 Å². The van der Waals surface area contributed by atoms with Gasteiger partial charge in [-0.3, -0.25) is 19.5 Å². The summed E-state index contributed by atoms with van der Waals surface area (Å²) in [4.78, 5) is 31.0. The van der Waals surface area contributed by atoms with E-state index in [0.29, 0.717) is 27.7 Å². The molecule has 0 saturated heterocycles. The lowest BCUT2D eigenvalue weighted by Gasteiger charge is -2.27. The number of imide groups is 1. The summed E-state index contributed by atoms with van der Waals surface area (Å²) in [6, 6.07) is 16.1. The summed E-state index contributed by atoms with van der Waals surface area (Å²) in [5, 5.41) is 10.1. The fourth-order valence-electron chi connectivity index (χ4n) is 3.29. The van der Waals surface area contributed by atoms with Gasteiger partial charge >= 0.3 is 0 Å². The van der Waals surface area contributed by atoms with Crippen LogP contribution in [-0.4, -0.2) is 21.7 Å². The van der Waals surface area contributed by atoms with Gasteiger partial charge in [0.05, 0.1) is 6.54 Å². The zero-order chi connectivity index (χ0) is 22.0. The van der Waals surface area contributed by atoms with Crippen LogP contribution in [0.2, 0.25) is 5.02 Å². The van der Waals surface area contributed by atoms with E-state index in [2.05, 4.69) is 4.98 Å². The number of rotatable bonds is 4. The molecule has 0 saturated carbocycles. The molecule has 0 fully saturated rings. The topological polar surface area (TPSA) is 87.2 Å². The van der Waals surface area contributed by atoms with Crippen molar-refractivity contribution >= 4 is 29.5 Å². The number of hydrogen-bond acceptors (Lipinski definition) is 5. The average Bonchev–Trinajstić information content (AvgIpc) is 3.24. The van der Waals surface area contributed by atoms with Crippen molar-refractivity contribution in [2.75, 3.05) is 0 Å². The number of nitriles is 1. The number of carbonyl (C=O) groups is 2. The van der Waals surface area contributed by atoms with Gasteiger partial charge in [0, 0.05) is 28.6 Å². The molecule has 31 heavy (non-hydrogen) atoms. The van der Waals surface area contributed by atoms with Crippen LogP contribution in [0.1, 0.15) is 18.2 Å². The molecule has 7 heteroatoms. The molecule has 0 N–H and O–H groups in total. The summed E-state index contributed by atoms with van der Waals surface area (Å²) in [6.07, 6.45) is 4.73. The maximum absolute atomic E-state index is 13.1. The van der Waals surface area contributed by atoms with Crippen LogP contribution in [0.15, 0.2) is 82.1 Å². The van der Waals surface area contributed by atoms with Gasteiger partial charge in [-0.15, -0.1) is 0 Å². The van der Waals surface area contributed by atoms with Crippen LogP contribution in [0, 0.1) is 11.3 Å². The van der Waals surface area contributed by atoms with Gasteiger partial charge in [0.2, 0.25) is 0 Å². The first-order chi connectivity index (χ1) is 15.0. The lowest BCUT2D eigenvalue weighted by atomic mass is 9.94. The molecule has 152 valence electrons. The van der Waals surface area contributed by atoms with Gasteiger partial charge in [-0.05, 0) is 66.6 Å². The van der Waals surface area contributed by atoms with E-state index in [0.717, 1.165) is 10.5 Å². The summed E-state index contributed by atoms with van der Waals surface area (Å²) in [5.74, 6) is -0.0695. The highest BCUT2D eigenvalue weighted by Gasteiger charge is 2.35. The maximum atomic E-state index is 13.1. The third-order valence-corrected chi connectivity index (χ3v) is 5.18. The molecule has 0 bridgehead atoms. The lowest BCUT2D eigenvalue weighted by Crippen LogP contribution is -2.42. The predicted octanol–water partition coefficient (Wildman–Crippen LogP) is 4.79. The number of aromatic nitrogens is 1. The fourth-order valence-corrected chi connectivity index (χ4v) is 3.42. The van der Waals surface area contributed by atoms with E-state index in [4.69, 9.17) is 16.0 Å². The van der Waals surface area contributed by atoms with Gasteiger partial charge in [-0.1, -0.05) is 17.7 Å². The van der Waals surface area contributed by atoms with Crippen LogP contribution in [0.25, 0.3) is 17.4 Å². The van der Waals surface area contributed by atoms with Gasteiger partial charge in [0.25, 0.3) is 11.8 Å². The molecule has 1 aliphatic heterocycles. The summed E-state index contributed by atoms with van der Waals surface area (Å²) in [6.45, 7) is 1.61. The Bertz CT molecular complexity index is 1270. The Kier molecular flexibility index (Phi) is 5.52. The first-order valence-corrected chi connectivity index (χ1v) is 9.79. The molecule has 1 aromatic carbocycles. The second-order valence-electron chi connectivity index (χ2n) is 6.94. The summed E-state index contributed by atoms with van der Waals surface area (Å²) in [7, 11) is 0. The number of amides is 2. The number of benzene rings is 1. The van der Waals surface area contributed by atoms with Gasteiger partial charge in [-0.25, -0.2) is 0 Å². The Hall–Kier alpha value is -3.95.